The Hall–Kier alpha value is -1.47. The van der Waals surface area contributed by atoms with Crippen molar-refractivity contribution in [1.82, 2.24) is 0 Å². The molecule has 1 aromatic rings. The second-order valence-corrected chi connectivity index (χ2v) is 19.1. The van der Waals surface area contributed by atoms with Gasteiger partial charge in [0.25, 0.3) is 0 Å². The lowest BCUT2D eigenvalue weighted by atomic mass is 9.73. The van der Waals surface area contributed by atoms with E-state index in [4.69, 9.17) is 22.0 Å². The summed E-state index contributed by atoms with van der Waals surface area (Å²) in [7, 11) is 1.84. The van der Waals surface area contributed by atoms with E-state index in [2.05, 4.69) is 85.4 Å². The number of rotatable bonds is 14. The van der Waals surface area contributed by atoms with E-state index in [1.807, 2.05) is 42.1 Å². The van der Waals surface area contributed by atoms with Crippen molar-refractivity contribution in [2.75, 3.05) is 4.90 Å². The highest BCUT2D eigenvalue weighted by Gasteiger charge is 2.53. The summed E-state index contributed by atoms with van der Waals surface area (Å²) in [4.78, 5) is 27.3. The largest absolute Gasteiger partial charge is 0.460 e. The van der Waals surface area contributed by atoms with Gasteiger partial charge in [-0.3, -0.25) is 9.59 Å². The molecule has 4 rings (SSSR count). The molecule has 0 N–H and O–H groups in total. The van der Waals surface area contributed by atoms with E-state index >= 15 is 0 Å². The lowest BCUT2D eigenvalue weighted by Gasteiger charge is -2.42. The van der Waals surface area contributed by atoms with Gasteiger partial charge in [0.2, 0.25) is 5.91 Å². The minimum absolute atomic E-state index is 0.0224. The van der Waals surface area contributed by atoms with Crippen LogP contribution in [0.3, 0.4) is 0 Å². The predicted molar refractivity (Wildman–Crippen MR) is 223 cm³/mol. The van der Waals surface area contributed by atoms with Gasteiger partial charge in [-0.2, -0.15) is 12.6 Å². The molecule has 7 heteroatoms. The van der Waals surface area contributed by atoms with Crippen molar-refractivity contribution in [3.05, 3.63) is 23.8 Å². The Kier molecular flexibility index (Phi) is 17.7. The van der Waals surface area contributed by atoms with Gasteiger partial charge in [0, 0.05) is 16.5 Å². The minimum Gasteiger partial charge on any atom is -0.460 e. The van der Waals surface area contributed by atoms with E-state index < -0.39 is 5.60 Å². The van der Waals surface area contributed by atoms with Gasteiger partial charge in [-0.05, 0) is 116 Å². The Balaban J connectivity index is 0.000000366. The number of carbonyl (C=O) groups excluding carboxylic acids is 2. The zero-order chi connectivity index (χ0) is 38.8. The van der Waals surface area contributed by atoms with Gasteiger partial charge >= 0.3 is 13.5 Å². The zero-order valence-electron chi connectivity index (χ0n) is 35.4. The van der Waals surface area contributed by atoms with Gasteiger partial charge in [0.1, 0.15) is 5.60 Å². The van der Waals surface area contributed by atoms with Crippen LogP contribution in [-0.4, -0.2) is 41.3 Å². The summed E-state index contributed by atoms with van der Waals surface area (Å²) in [5.74, 6) is 3.17. The predicted octanol–water partition coefficient (Wildman–Crippen LogP) is 11.4. The van der Waals surface area contributed by atoms with Crippen LogP contribution in [0.1, 0.15) is 186 Å². The molecular weight excluding hydrogens is 649 g/mol. The fourth-order valence-corrected chi connectivity index (χ4v) is 7.65. The highest BCUT2D eigenvalue weighted by atomic mass is 32.1. The van der Waals surface area contributed by atoms with Crippen molar-refractivity contribution in [3.8, 4) is 0 Å². The fraction of sp³-hybridized carbons (Fsp3) is 0.818. The van der Waals surface area contributed by atoms with Crippen molar-refractivity contribution < 1.29 is 19.0 Å². The fourth-order valence-electron chi connectivity index (χ4n) is 7.60. The lowest BCUT2D eigenvalue weighted by molar-refractivity contribution is -0.159. The van der Waals surface area contributed by atoms with E-state index in [9.17, 15) is 9.59 Å². The van der Waals surface area contributed by atoms with Crippen LogP contribution in [0, 0.1) is 23.7 Å². The molecular formula is C44H77BNO4S. The van der Waals surface area contributed by atoms with Crippen molar-refractivity contribution >= 4 is 43.1 Å². The highest BCUT2D eigenvalue weighted by Crippen LogP contribution is 2.51. The number of anilines is 1. The first-order valence-electron chi connectivity index (χ1n) is 20.7. The maximum Gasteiger partial charge on any atom is 0.330 e. The molecule has 3 aliphatic rings. The van der Waals surface area contributed by atoms with E-state index in [-0.39, 0.29) is 27.7 Å². The van der Waals surface area contributed by atoms with Gasteiger partial charge in [-0.15, -0.1) is 0 Å². The Morgan fingerprint density at radius 3 is 1.82 bits per heavy atom. The molecule has 1 heterocycles. The summed E-state index contributed by atoms with van der Waals surface area (Å²) in [6, 6.07) is 6.84. The van der Waals surface area contributed by atoms with Crippen LogP contribution in [0.25, 0.3) is 0 Å². The smallest absolute Gasteiger partial charge is 0.330 e. The standard InChI is InChI=1S/C26H41BNO2S.C9H18O2.C9H18/c1-8-13-26(14-9-2)21-12-11-19(27-30-24(4,5)25(6,7)31)17-22(21)28(23(26)29)20-15-18(10-3)16-20;1-6-7(2)8(10)11-9(3,4)5;1-3-8-5-6-9(4-2)7-8/h11-12,17-18,20,31H,8-10,13-16H2,1-7H3;7H,6H2,1-5H3;8-9H,3-7H2,1-2H3. The topological polar surface area (TPSA) is 55.8 Å². The first-order chi connectivity index (χ1) is 23.7. The molecule has 0 spiro atoms. The maximum absolute atomic E-state index is 13.9. The quantitative estimate of drug-likeness (QED) is 0.118. The molecule has 291 valence electrons. The minimum atomic E-state index is -0.416. The van der Waals surface area contributed by atoms with Crippen molar-refractivity contribution in [3.63, 3.8) is 0 Å². The molecule has 5 nitrogen and oxygen atoms in total. The molecule has 2 aliphatic carbocycles. The second-order valence-electron chi connectivity index (χ2n) is 17.9. The second kappa shape index (κ2) is 19.7. The molecule has 1 amide bonds. The Morgan fingerprint density at radius 1 is 0.882 bits per heavy atom. The average molecular weight is 727 g/mol. The van der Waals surface area contributed by atoms with Crippen LogP contribution in [-0.2, 0) is 24.4 Å². The van der Waals surface area contributed by atoms with E-state index in [0.29, 0.717) is 11.9 Å². The molecule has 1 aromatic carbocycles. The Bertz CT molecular complexity index is 1210. The van der Waals surface area contributed by atoms with Gasteiger partial charge in [0.15, 0.2) is 0 Å². The van der Waals surface area contributed by atoms with E-state index in [1.165, 1.54) is 44.1 Å². The SMILES string of the molecule is CCC(C)C(=O)OC(C)(C)C.CCC1CCC(CC)C1.CCCC1(CCC)C(=O)N(C2CC(CC)C2)c2cc([B]OC(C)(C)C(C)(C)S)ccc21. The first kappa shape index (κ1) is 45.7. The number of carbonyl (C=O) groups is 2. The number of benzene rings is 1. The number of hydrogen-bond donors (Lipinski definition) is 1. The number of thiol groups is 1. The molecule has 0 aromatic heterocycles. The molecule has 3 atom stereocenters. The number of nitrogens with zero attached hydrogens (tertiary/aromatic N) is 1. The van der Waals surface area contributed by atoms with Crippen LogP contribution in [0.15, 0.2) is 18.2 Å². The van der Waals surface area contributed by atoms with Crippen LogP contribution < -0.4 is 10.4 Å². The zero-order valence-corrected chi connectivity index (χ0v) is 36.3. The van der Waals surface area contributed by atoms with Crippen molar-refractivity contribution in [2.24, 2.45) is 23.7 Å². The Labute approximate surface area is 321 Å². The maximum atomic E-state index is 13.9. The summed E-state index contributed by atoms with van der Waals surface area (Å²) in [5, 5.41) is 0. The number of ether oxygens (including phenoxy) is 1. The summed E-state index contributed by atoms with van der Waals surface area (Å²) >= 11 is 4.71. The third-order valence-corrected chi connectivity index (χ3v) is 12.7. The number of esters is 1. The van der Waals surface area contributed by atoms with Gasteiger partial charge in [-0.25, -0.2) is 0 Å². The highest BCUT2D eigenvalue weighted by molar-refractivity contribution is 7.81. The Morgan fingerprint density at radius 2 is 1.41 bits per heavy atom. The number of amides is 1. The molecule has 1 radical (unpaired) electrons. The third kappa shape index (κ3) is 12.3. The monoisotopic (exact) mass is 727 g/mol. The lowest BCUT2D eigenvalue weighted by Crippen LogP contribution is -2.50. The molecule has 2 saturated carbocycles. The molecule has 0 bridgehead atoms. The van der Waals surface area contributed by atoms with Crippen LogP contribution >= 0.6 is 12.6 Å². The molecule has 2 fully saturated rings. The van der Waals surface area contributed by atoms with Crippen LogP contribution in [0.5, 0.6) is 0 Å². The molecule has 51 heavy (non-hydrogen) atoms. The number of hydrogen-bond acceptors (Lipinski definition) is 5. The average Bonchev–Trinajstić information content (AvgIpc) is 3.60. The van der Waals surface area contributed by atoms with Crippen LogP contribution in [0.4, 0.5) is 5.69 Å². The first-order valence-corrected chi connectivity index (χ1v) is 21.1. The summed E-state index contributed by atoms with van der Waals surface area (Å²) in [5.41, 5.74) is 2.24. The van der Waals surface area contributed by atoms with E-state index in [1.54, 1.807) is 0 Å². The van der Waals surface area contributed by atoms with Gasteiger partial charge < -0.3 is 14.3 Å². The molecule has 1 aliphatic heterocycles. The third-order valence-electron chi connectivity index (χ3n) is 12.1. The molecule has 3 unspecified atom stereocenters. The number of fused-ring (bicyclic) bond motifs is 1. The summed E-state index contributed by atoms with van der Waals surface area (Å²) in [6.07, 6.45) is 15.5. The summed E-state index contributed by atoms with van der Waals surface area (Å²) in [6.45, 7) is 29.1. The molecule has 0 saturated heterocycles. The van der Waals surface area contributed by atoms with E-state index in [0.717, 1.165) is 73.8 Å². The van der Waals surface area contributed by atoms with Gasteiger partial charge in [0.05, 0.1) is 16.9 Å². The normalized spacial score (nSPS) is 23.3. The van der Waals surface area contributed by atoms with Gasteiger partial charge in [-0.1, -0.05) is 111 Å². The summed E-state index contributed by atoms with van der Waals surface area (Å²) < 4.78 is 11.1. The van der Waals surface area contributed by atoms with Crippen LogP contribution in [0.2, 0.25) is 0 Å². The van der Waals surface area contributed by atoms with Crippen molar-refractivity contribution in [2.45, 2.75) is 208 Å². The van der Waals surface area contributed by atoms with Crippen molar-refractivity contribution in [1.29, 1.82) is 0 Å².